The van der Waals surface area contributed by atoms with E-state index in [1.54, 1.807) is 0 Å². The predicted octanol–water partition coefficient (Wildman–Crippen LogP) is 3.03. The van der Waals surface area contributed by atoms with E-state index in [1.807, 2.05) is 0 Å². The molecule has 2 unspecified atom stereocenters. The van der Waals surface area contributed by atoms with Crippen molar-refractivity contribution in [1.82, 2.24) is 10.6 Å². The van der Waals surface area contributed by atoms with Crippen LogP contribution < -0.4 is 10.6 Å². The molecule has 2 fully saturated rings. The van der Waals surface area contributed by atoms with Crippen LogP contribution in [0.15, 0.2) is 0 Å². The van der Waals surface area contributed by atoms with Crippen LogP contribution in [0.5, 0.6) is 0 Å². The monoisotopic (exact) mass is 288 g/mol. The topological polar surface area (TPSA) is 41.1 Å². The van der Waals surface area contributed by atoms with Gasteiger partial charge in [0.15, 0.2) is 0 Å². The van der Waals surface area contributed by atoms with Crippen molar-refractivity contribution in [3.63, 3.8) is 0 Å². The highest BCUT2D eigenvalue weighted by Crippen LogP contribution is 2.28. The normalized spacial score (nSPS) is 29.6. The van der Waals surface area contributed by atoms with Gasteiger partial charge >= 0.3 is 0 Å². The number of hydrogen-bond donors (Lipinski definition) is 2. The van der Waals surface area contributed by atoms with Gasteiger partial charge in [-0.1, -0.05) is 26.2 Å². The van der Waals surface area contributed by atoms with Crippen LogP contribution >= 0.6 is 12.4 Å². The zero-order valence-corrected chi connectivity index (χ0v) is 13.2. The fourth-order valence-corrected chi connectivity index (χ4v) is 3.56. The molecular weight excluding hydrogens is 260 g/mol. The number of carbonyl (C=O) groups is 1. The molecule has 3 nitrogen and oxygen atoms in total. The summed E-state index contributed by atoms with van der Waals surface area (Å²) in [6, 6.07) is 0.337. The number of halogens is 1. The zero-order valence-electron chi connectivity index (χ0n) is 12.3. The van der Waals surface area contributed by atoms with Gasteiger partial charge < -0.3 is 10.6 Å². The van der Waals surface area contributed by atoms with Crippen LogP contribution in [0.3, 0.4) is 0 Å². The maximum Gasteiger partial charge on any atom is 0.240 e. The lowest BCUT2D eigenvalue weighted by atomic mass is 9.84. The van der Waals surface area contributed by atoms with Crippen LogP contribution in [0.4, 0.5) is 0 Å². The van der Waals surface area contributed by atoms with E-state index in [2.05, 4.69) is 24.5 Å². The van der Waals surface area contributed by atoms with E-state index in [-0.39, 0.29) is 23.9 Å². The van der Waals surface area contributed by atoms with Gasteiger partial charge in [-0.15, -0.1) is 12.4 Å². The summed E-state index contributed by atoms with van der Waals surface area (Å²) in [4.78, 5) is 12.5. The van der Waals surface area contributed by atoms with Crippen LogP contribution in [0.2, 0.25) is 0 Å². The molecule has 1 amide bonds. The standard InChI is InChI=1S/C15H28N2O.ClH/c1-3-15(10-7-11-16-15)14(18)17-12(2)13-8-5-4-6-9-13;/h12-13,16H,3-11H2,1-2H3,(H,17,18);1H. The van der Waals surface area contributed by atoms with Crippen LogP contribution in [0.1, 0.15) is 65.2 Å². The molecule has 4 heteroatoms. The minimum atomic E-state index is -0.275. The Morgan fingerprint density at radius 1 is 1.32 bits per heavy atom. The molecule has 1 saturated carbocycles. The molecule has 2 atom stereocenters. The first-order valence-electron chi connectivity index (χ1n) is 7.74. The summed E-state index contributed by atoms with van der Waals surface area (Å²) >= 11 is 0. The Hall–Kier alpha value is -0.280. The second-order valence-corrected chi connectivity index (χ2v) is 6.13. The van der Waals surface area contributed by atoms with Crippen molar-refractivity contribution < 1.29 is 4.79 Å². The third-order valence-electron chi connectivity index (χ3n) is 5.00. The summed E-state index contributed by atoms with van der Waals surface area (Å²) in [7, 11) is 0. The highest BCUT2D eigenvalue weighted by Gasteiger charge is 2.40. The van der Waals surface area contributed by atoms with E-state index in [1.165, 1.54) is 32.1 Å². The van der Waals surface area contributed by atoms with E-state index < -0.39 is 0 Å². The lowest BCUT2D eigenvalue weighted by Crippen LogP contribution is -2.56. The molecule has 19 heavy (non-hydrogen) atoms. The lowest BCUT2D eigenvalue weighted by molar-refractivity contribution is -0.128. The summed E-state index contributed by atoms with van der Waals surface area (Å²) in [5.41, 5.74) is -0.275. The second-order valence-electron chi connectivity index (χ2n) is 6.13. The van der Waals surface area contributed by atoms with E-state index in [9.17, 15) is 4.79 Å². The molecular formula is C15H29ClN2O. The quantitative estimate of drug-likeness (QED) is 0.835. The molecule has 1 heterocycles. The van der Waals surface area contributed by atoms with Crippen molar-refractivity contribution in [3.05, 3.63) is 0 Å². The average Bonchev–Trinajstić information content (AvgIpc) is 2.89. The Morgan fingerprint density at radius 2 is 2.00 bits per heavy atom. The first-order chi connectivity index (χ1) is 8.68. The number of nitrogens with one attached hydrogen (secondary N) is 2. The van der Waals surface area contributed by atoms with Crippen molar-refractivity contribution in [3.8, 4) is 0 Å². The van der Waals surface area contributed by atoms with Crippen molar-refractivity contribution in [2.75, 3.05) is 6.54 Å². The fraction of sp³-hybridized carbons (Fsp3) is 0.933. The Balaban J connectivity index is 0.00000180. The molecule has 0 bridgehead atoms. The van der Waals surface area contributed by atoms with Gasteiger partial charge in [-0.2, -0.15) is 0 Å². The molecule has 1 aliphatic heterocycles. The summed E-state index contributed by atoms with van der Waals surface area (Å²) in [5.74, 6) is 0.929. The number of hydrogen-bond acceptors (Lipinski definition) is 2. The smallest absolute Gasteiger partial charge is 0.240 e. The SMILES string of the molecule is CCC1(C(=O)NC(C)C2CCCCC2)CCCN1.Cl. The molecule has 1 saturated heterocycles. The highest BCUT2D eigenvalue weighted by molar-refractivity contribution is 5.86. The summed E-state index contributed by atoms with van der Waals surface area (Å²) in [6.07, 6.45) is 9.63. The predicted molar refractivity (Wildman–Crippen MR) is 81.7 cm³/mol. The van der Waals surface area contributed by atoms with Crippen molar-refractivity contribution in [1.29, 1.82) is 0 Å². The number of carbonyl (C=O) groups excluding carboxylic acids is 1. The van der Waals surface area contributed by atoms with Crippen molar-refractivity contribution >= 4 is 18.3 Å². The van der Waals surface area contributed by atoms with E-state index >= 15 is 0 Å². The van der Waals surface area contributed by atoms with E-state index in [0.717, 1.165) is 25.8 Å². The van der Waals surface area contributed by atoms with Gasteiger partial charge in [-0.3, -0.25) is 4.79 Å². The second kappa shape index (κ2) is 7.49. The molecule has 0 radical (unpaired) electrons. The van der Waals surface area contributed by atoms with Gasteiger partial charge in [0.25, 0.3) is 0 Å². The van der Waals surface area contributed by atoms with Gasteiger partial charge in [0.1, 0.15) is 0 Å². The summed E-state index contributed by atoms with van der Waals surface area (Å²) in [6.45, 7) is 5.29. The largest absolute Gasteiger partial charge is 0.352 e. The maximum atomic E-state index is 12.5. The van der Waals surface area contributed by atoms with E-state index in [4.69, 9.17) is 0 Å². The Bertz CT molecular complexity index is 284. The van der Waals surface area contributed by atoms with Gasteiger partial charge in [0, 0.05) is 6.04 Å². The minimum absolute atomic E-state index is 0. The average molecular weight is 289 g/mol. The van der Waals surface area contributed by atoms with Crippen LogP contribution in [0.25, 0.3) is 0 Å². The Kier molecular flexibility index (Phi) is 6.61. The molecule has 0 aromatic heterocycles. The molecule has 112 valence electrons. The molecule has 1 aliphatic carbocycles. The lowest BCUT2D eigenvalue weighted by Gasteiger charge is -2.33. The Morgan fingerprint density at radius 3 is 2.53 bits per heavy atom. The first-order valence-corrected chi connectivity index (χ1v) is 7.74. The molecule has 0 spiro atoms. The molecule has 0 aromatic rings. The Labute approximate surface area is 123 Å². The third kappa shape index (κ3) is 3.85. The number of amides is 1. The summed E-state index contributed by atoms with van der Waals surface area (Å²) in [5, 5.41) is 6.70. The van der Waals surface area contributed by atoms with Gasteiger partial charge in [-0.05, 0) is 51.5 Å². The van der Waals surface area contributed by atoms with Crippen molar-refractivity contribution in [2.24, 2.45) is 5.92 Å². The van der Waals surface area contributed by atoms with Gasteiger partial charge in [0.2, 0.25) is 5.91 Å². The first kappa shape index (κ1) is 16.8. The van der Waals surface area contributed by atoms with Crippen LogP contribution in [0, 0.1) is 5.92 Å². The third-order valence-corrected chi connectivity index (χ3v) is 5.00. The molecule has 2 aliphatic rings. The molecule has 0 aromatic carbocycles. The fourth-order valence-electron chi connectivity index (χ4n) is 3.56. The van der Waals surface area contributed by atoms with Gasteiger partial charge in [0.05, 0.1) is 5.54 Å². The van der Waals surface area contributed by atoms with Crippen LogP contribution in [-0.4, -0.2) is 24.0 Å². The van der Waals surface area contributed by atoms with Gasteiger partial charge in [-0.25, -0.2) is 0 Å². The number of rotatable bonds is 4. The summed E-state index contributed by atoms with van der Waals surface area (Å²) < 4.78 is 0. The minimum Gasteiger partial charge on any atom is -0.352 e. The van der Waals surface area contributed by atoms with Crippen molar-refractivity contribution in [2.45, 2.75) is 76.8 Å². The highest BCUT2D eigenvalue weighted by atomic mass is 35.5. The zero-order chi connectivity index (χ0) is 13.0. The van der Waals surface area contributed by atoms with E-state index in [0.29, 0.717) is 12.0 Å². The maximum absolute atomic E-state index is 12.5. The molecule has 2 rings (SSSR count). The molecule has 2 N–H and O–H groups in total. The van der Waals surface area contributed by atoms with Crippen LogP contribution in [-0.2, 0) is 4.79 Å².